The fraction of sp³-hybridized carbons (Fsp3) is 0.360. The third kappa shape index (κ3) is 5.41. The Kier molecular flexibility index (Phi) is 7.41. The van der Waals surface area contributed by atoms with Gasteiger partial charge in [0.15, 0.2) is 11.5 Å². The highest BCUT2D eigenvalue weighted by Gasteiger charge is 2.16. The van der Waals surface area contributed by atoms with Gasteiger partial charge in [0.05, 0.1) is 37.9 Å². The summed E-state index contributed by atoms with van der Waals surface area (Å²) in [5.41, 5.74) is 4.69. The van der Waals surface area contributed by atoms with E-state index in [0.29, 0.717) is 18.1 Å². The Morgan fingerprint density at radius 2 is 1.72 bits per heavy atom. The predicted molar refractivity (Wildman–Crippen MR) is 121 cm³/mol. The molecule has 0 fully saturated rings. The maximum Gasteiger partial charge on any atom is 0.224 e. The van der Waals surface area contributed by atoms with Crippen molar-refractivity contribution in [1.82, 2.24) is 10.5 Å². The number of ether oxygens (including phenoxy) is 3. The molecule has 7 heteroatoms. The Labute approximate surface area is 188 Å². The van der Waals surface area contributed by atoms with Crippen molar-refractivity contribution in [2.45, 2.75) is 46.8 Å². The molecule has 32 heavy (non-hydrogen) atoms. The summed E-state index contributed by atoms with van der Waals surface area (Å²) in [6.45, 7) is 8.09. The van der Waals surface area contributed by atoms with Crippen LogP contribution >= 0.6 is 0 Å². The van der Waals surface area contributed by atoms with Crippen molar-refractivity contribution >= 4 is 5.91 Å². The topological polar surface area (TPSA) is 82.8 Å². The maximum atomic E-state index is 12.6. The lowest BCUT2D eigenvalue weighted by Gasteiger charge is -2.19. The van der Waals surface area contributed by atoms with Crippen LogP contribution in [0.1, 0.15) is 46.7 Å². The van der Waals surface area contributed by atoms with Crippen molar-refractivity contribution in [2.24, 2.45) is 0 Å². The van der Waals surface area contributed by atoms with Crippen LogP contribution in [0.4, 0.5) is 0 Å². The second-order valence-electron chi connectivity index (χ2n) is 7.77. The summed E-state index contributed by atoms with van der Waals surface area (Å²) in [5, 5.41) is 6.99. The van der Waals surface area contributed by atoms with Gasteiger partial charge in [0.25, 0.3) is 0 Å². The second-order valence-corrected chi connectivity index (χ2v) is 7.77. The average Bonchev–Trinajstić information content (AvgIpc) is 3.10. The lowest BCUT2D eigenvalue weighted by Crippen LogP contribution is -2.28. The molecule has 170 valence electrons. The van der Waals surface area contributed by atoms with E-state index in [1.54, 1.807) is 14.2 Å². The van der Waals surface area contributed by atoms with Gasteiger partial charge in [-0.15, -0.1) is 0 Å². The first-order chi connectivity index (χ1) is 15.3. The highest BCUT2D eigenvalue weighted by Crippen LogP contribution is 2.32. The first-order valence-corrected chi connectivity index (χ1v) is 10.5. The molecule has 1 aromatic heterocycles. The number of aromatic nitrogens is 1. The molecule has 0 bridgehead atoms. The van der Waals surface area contributed by atoms with Crippen LogP contribution in [0, 0.1) is 20.8 Å². The fourth-order valence-corrected chi connectivity index (χ4v) is 3.59. The number of methoxy groups -OCH3 is 2. The van der Waals surface area contributed by atoms with Crippen LogP contribution in [0.3, 0.4) is 0 Å². The average molecular weight is 439 g/mol. The number of hydrogen-bond donors (Lipinski definition) is 1. The molecule has 3 aromatic rings. The van der Waals surface area contributed by atoms with E-state index in [2.05, 4.69) is 10.5 Å². The summed E-state index contributed by atoms with van der Waals surface area (Å²) in [6, 6.07) is 11.2. The van der Waals surface area contributed by atoms with E-state index in [-0.39, 0.29) is 18.4 Å². The maximum absolute atomic E-state index is 12.6. The lowest BCUT2D eigenvalue weighted by molar-refractivity contribution is -0.121. The second kappa shape index (κ2) is 10.2. The summed E-state index contributed by atoms with van der Waals surface area (Å²) in [6.07, 6.45) is 0.279. The number of amides is 1. The van der Waals surface area contributed by atoms with Crippen molar-refractivity contribution in [3.8, 4) is 17.2 Å². The Bertz CT molecular complexity index is 1050. The zero-order valence-electron chi connectivity index (χ0n) is 19.4. The molecular formula is C25H30N2O5. The quantitative estimate of drug-likeness (QED) is 0.525. The van der Waals surface area contributed by atoms with Gasteiger partial charge < -0.3 is 24.1 Å². The summed E-state index contributed by atoms with van der Waals surface area (Å²) in [5.74, 6) is 2.74. The van der Waals surface area contributed by atoms with E-state index in [4.69, 9.17) is 18.7 Å². The number of nitrogens with zero attached hydrogens (tertiary/aromatic N) is 1. The van der Waals surface area contributed by atoms with Gasteiger partial charge in [-0.2, -0.15) is 0 Å². The van der Waals surface area contributed by atoms with Gasteiger partial charge in [-0.05, 0) is 68.7 Å². The van der Waals surface area contributed by atoms with Gasteiger partial charge in [-0.3, -0.25) is 4.79 Å². The smallest absolute Gasteiger partial charge is 0.224 e. The standard InChI is InChI=1S/C25H30N2O5/c1-15-11-23(29-5)24(30-6)13-21(15)16(2)26-25(28)12-19-7-9-20(10-8-19)31-14-22-17(3)27-32-18(22)4/h7-11,13,16H,12,14H2,1-6H3,(H,26,28). The molecule has 0 aliphatic carbocycles. The van der Waals surface area contributed by atoms with E-state index in [9.17, 15) is 4.79 Å². The van der Waals surface area contributed by atoms with Gasteiger partial charge in [0.1, 0.15) is 18.1 Å². The summed E-state index contributed by atoms with van der Waals surface area (Å²) < 4.78 is 21.7. The van der Waals surface area contributed by atoms with Crippen LogP contribution in [0.25, 0.3) is 0 Å². The van der Waals surface area contributed by atoms with Crippen molar-refractivity contribution < 1.29 is 23.5 Å². The summed E-state index contributed by atoms with van der Waals surface area (Å²) >= 11 is 0. The number of hydrogen-bond acceptors (Lipinski definition) is 6. The van der Waals surface area contributed by atoms with E-state index in [0.717, 1.165) is 39.5 Å². The minimum atomic E-state index is -0.167. The van der Waals surface area contributed by atoms with E-state index >= 15 is 0 Å². The Morgan fingerprint density at radius 3 is 2.31 bits per heavy atom. The molecule has 0 aliphatic heterocycles. The molecule has 7 nitrogen and oxygen atoms in total. The van der Waals surface area contributed by atoms with Crippen LogP contribution in [-0.2, 0) is 17.8 Å². The van der Waals surface area contributed by atoms with Crippen LogP contribution in [0.5, 0.6) is 17.2 Å². The first-order valence-electron chi connectivity index (χ1n) is 10.5. The van der Waals surface area contributed by atoms with Crippen molar-refractivity contribution in [3.63, 3.8) is 0 Å². The fourth-order valence-electron chi connectivity index (χ4n) is 3.59. The minimum Gasteiger partial charge on any atom is -0.493 e. The molecule has 1 unspecified atom stereocenters. The number of benzene rings is 2. The first kappa shape index (κ1) is 23.2. The van der Waals surface area contributed by atoms with Crippen LogP contribution in [0.15, 0.2) is 40.9 Å². The molecular weight excluding hydrogens is 408 g/mol. The number of carbonyl (C=O) groups excluding carboxylic acids is 1. The molecule has 0 saturated carbocycles. The largest absolute Gasteiger partial charge is 0.493 e. The number of rotatable bonds is 9. The molecule has 0 spiro atoms. The highest BCUT2D eigenvalue weighted by atomic mass is 16.5. The Balaban J connectivity index is 1.58. The van der Waals surface area contributed by atoms with E-state index in [1.807, 2.05) is 64.1 Å². The molecule has 0 saturated heterocycles. The van der Waals surface area contributed by atoms with E-state index in [1.165, 1.54) is 0 Å². The number of nitrogens with one attached hydrogen (secondary N) is 1. The zero-order valence-corrected chi connectivity index (χ0v) is 19.4. The molecule has 3 rings (SSSR count). The monoisotopic (exact) mass is 438 g/mol. The van der Waals surface area contributed by atoms with Crippen LogP contribution in [0.2, 0.25) is 0 Å². The van der Waals surface area contributed by atoms with Gasteiger partial charge in [-0.1, -0.05) is 17.3 Å². The molecule has 1 atom stereocenters. The molecule has 1 heterocycles. The van der Waals surface area contributed by atoms with Crippen LogP contribution in [-0.4, -0.2) is 25.3 Å². The lowest BCUT2D eigenvalue weighted by atomic mass is 10.0. The molecule has 0 radical (unpaired) electrons. The zero-order chi connectivity index (χ0) is 23.3. The predicted octanol–water partition coefficient (Wildman–Crippen LogP) is 4.62. The molecule has 1 amide bonds. The van der Waals surface area contributed by atoms with Gasteiger partial charge in [0.2, 0.25) is 5.91 Å². The SMILES string of the molecule is COc1cc(C)c(C(C)NC(=O)Cc2ccc(OCc3c(C)noc3C)cc2)cc1OC. The van der Waals surface area contributed by atoms with Crippen molar-refractivity contribution in [2.75, 3.05) is 14.2 Å². The number of aryl methyl sites for hydroxylation is 3. The minimum absolute atomic E-state index is 0.0592. The summed E-state index contributed by atoms with van der Waals surface area (Å²) in [7, 11) is 3.21. The molecule has 0 aliphatic rings. The third-order valence-electron chi connectivity index (χ3n) is 5.47. The van der Waals surface area contributed by atoms with Crippen LogP contribution < -0.4 is 19.5 Å². The van der Waals surface area contributed by atoms with Gasteiger partial charge in [-0.25, -0.2) is 0 Å². The number of carbonyl (C=O) groups is 1. The summed E-state index contributed by atoms with van der Waals surface area (Å²) in [4.78, 5) is 12.6. The molecule has 1 N–H and O–H groups in total. The molecule has 2 aromatic carbocycles. The Hall–Kier alpha value is -3.48. The van der Waals surface area contributed by atoms with Gasteiger partial charge in [0, 0.05) is 0 Å². The van der Waals surface area contributed by atoms with E-state index < -0.39 is 0 Å². The van der Waals surface area contributed by atoms with Crippen molar-refractivity contribution in [1.29, 1.82) is 0 Å². The third-order valence-corrected chi connectivity index (χ3v) is 5.47. The van der Waals surface area contributed by atoms with Gasteiger partial charge >= 0.3 is 0 Å². The Morgan fingerprint density at radius 1 is 1.06 bits per heavy atom. The normalized spacial score (nSPS) is 11.7. The van der Waals surface area contributed by atoms with Crippen molar-refractivity contribution in [3.05, 3.63) is 70.1 Å². The highest BCUT2D eigenvalue weighted by molar-refractivity contribution is 5.79.